The second-order valence-corrected chi connectivity index (χ2v) is 6.23. The lowest BCUT2D eigenvalue weighted by Gasteiger charge is -2.13. The zero-order chi connectivity index (χ0) is 16.3. The zero-order valence-corrected chi connectivity index (χ0v) is 13.6. The van der Waals surface area contributed by atoms with Crippen LogP contribution in [0.5, 0.6) is 0 Å². The van der Waals surface area contributed by atoms with Gasteiger partial charge in [-0.05, 0) is 43.3 Å². The molecule has 0 atom stereocenters. The third-order valence-corrected chi connectivity index (χ3v) is 3.97. The van der Waals surface area contributed by atoms with Gasteiger partial charge >= 0.3 is 5.97 Å². The number of hydrogen-bond donors (Lipinski definition) is 0. The molecule has 1 aromatic rings. The lowest BCUT2D eigenvalue weighted by atomic mass is 10.2. The number of nitrogens with zero attached hydrogens (tertiary/aromatic N) is 1. The number of benzene rings is 1. The number of amides is 2. The largest absolute Gasteiger partial charge is 0.462 e. The monoisotopic (exact) mass is 339 g/mol. The van der Waals surface area contributed by atoms with E-state index in [9.17, 15) is 14.4 Å². The Kier molecular flexibility index (Phi) is 5.26. The average molecular weight is 340 g/mol. The third-order valence-electron chi connectivity index (χ3n) is 2.72. The summed E-state index contributed by atoms with van der Waals surface area (Å²) in [6, 6.07) is 6.98. The number of imide groups is 1. The van der Waals surface area contributed by atoms with E-state index in [2.05, 4.69) is 0 Å². The van der Waals surface area contributed by atoms with E-state index in [-0.39, 0.29) is 17.6 Å². The van der Waals surface area contributed by atoms with Gasteiger partial charge in [-0.25, -0.2) is 0 Å². The lowest BCUT2D eigenvalue weighted by molar-refractivity contribution is -0.149. The molecule has 5 nitrogen and oxygen atoms in total. The van der Waals surface area contributed by atoms with Gasteiger partial charge in [-0.1, -0.05) is 29.8 Å². The van der Waals surface area contributed by atoms with Crippen LogP contribution in [-0.2, 0) is 14.3 Å². The molecule has 2 rings (SSSR count). The highest BCUT2D eigenvalue weighted by molar-refractivity contribution is 8.18. The highest BCUT2D eigenvalue weighted by Crippen LogP contribution is 2.33. The van der Waals surface area contributed by atoms with Gasteiger partial charge < -0.3 is 4.74 Å². The molecule has 0 saturated carbocycles. The summed E-state index contributed by atoms with van der Waals surface area (Å²) in [5.74, 6) is -1.13. The molecule has 2 amide bonds. The Balaban J connectivity index is 2.15. The molecular weight excluding hydrogens is 326 g/mol. The quantitative estimate of drug-likeness (QED) is 0.622. The normalized spacial score (nSPS) is 16.7. The summed E-state index contributed by atoms with van der Waals surface area (Å²) in [6.07, 6.45) is 1.24. The number of carbonyl (C=O) groups is 3. The van der Waals surface area contributed by atoms with E-state index in [0.717, 1.165) is 16.7 Å². The third kappa shape index (κ3) is 3.90. The van der Waals surface area contributed by atoms with Crippen LogP contribution >= 0.6 is 23.4 Å². The molecule has 0 bridgehead atoms. The van der Waals surface area contributed by atoms with E-state index in [4.69, 9.17) is 16.3 Å². The van der Waals surface area contributed by atoms with E-state index in [0.29, 0.717) is 10.6 Å². The molecule has 1 aromatic carbocycles. The van der Waals surface area contributed by atoms with Crippen molar-refractivity contribution in [3.05, 3.63) is 39.8 Å². The van der Waals surface area contributed by atoms with Crippen LogP contribution in [-0.4, -0.2) is 34.7 Å². The van der Waals surface area contributed by atoms with Crippen molar-refractivity contribution in [2.75, 3.05) is 6.54 Å². The van der Waals surface area contributed by atoms with Gasteiger partial charge in [0.2, 0.25) is 0 Å². The fraction of sp³-hybridized carbons (Fsp3) is 0.267. The molecule has 1 fully saturated rings. The molecule has 0 N–H and O–H groups in total. The number of carbonyl (C=O) groups excluding carboxylic acids is 3. The molecule has 116 valence electrons. The minimum absolute atomic E-state index is 0.232. The van der Waals surface area contributed by atoms with Crippen molar-refractivity contribution in [1.29, 1.82) is 0 Å². The molecule has 1 heterocycles. The highest BCUT2D eigenvalue weighted by Gasteiger charge is 2.36. The van der Waals surface area contributed by atoms with E-state index < -0.39 is 17.1 Å². The molecule has 1 aliphatic heterocycles. The number of hydrogen-bond acceptors (Lipinski definition) is 5. The SMILES string of the molecule is CC(C)OC(=O)CN1C(=O)S/C(=C/c2ccccc2Cl)C1=O. The Morgan fingerprint density at radius 2 is 2.05 bits per heavy atom. The van der Waals surface area contributed by atoms with Gasteiger partial charge in [-0.3, -0.25) is 19.3 Å². The van der Waals surface area contributed by atoms with Crippen LogP contribution in [0, 0.1) is 0 Å². The van der Waals surface area contributed by atoms with E-state index in [1.54, 1.807) is 44.2 Å². The van der Waals surface area contributed by atoms with Crippen LogP contribution in [0.1, 0.15) is 19.4 Å². The van der Waals surface area contributed by atoms with Crippen LogP contribution in [0.15, 0.2) is 29.2 Å². The fourth-order valence-electron chi connectivity index (χ4n) is 1.80. The first kappa shape index (κ1) is 16.6. The molecule has 7 heteroatoms. The van der Waals surface area contributed by atoms with Gasteiger partial charge in [0.05, 0.1) is 11.0 Å². The van der Waals surface area contributed by atoms with Crippen LogP contribution in [0.3, 0.4) is 0 Å². The van der Waals surface area contributed by atoms with E-state index in [1.165, 1.54) is 0 Å². The molecule has 0 aliphatic carbocycles. The standard InChI is InChI=1S/C15H14ClNO4S/c1-9(2)21-13(18)8-17-14(19)12(22-15(17)20)7-10-5-3-4-6-11(10)16/h3-7,9H,8H2,1-2H3/b12-7+. The first-order valence-corrected chi connectivity index (χ1v) is 7.77. The lowest BCUT2D eigenvalue weighted by Crippen LogP contribution is -2.35. The van der Waals surface area contributed by atoms with Crippen molar-refractivity contribution in [1.82, 2.24) is 4.90 Å². The number of rotatable bonds is 4. The second kappa shape index (κ2) is 6.98. The summed E-state index contributed by atoms with van der Waals surface area (Å²) in [5.41, 5.74) is 0.638. The van der Waals surface area contributed by atoms with Crippen molar-refractivity contribution in [2.24, 2.45) is 0 Å². The number of esters is 1. The van der Waals surface area contributed by atoms with Crippen molar-refractivity contribution in [3.8, 4) is 0 Å². The smallest absolute Gasteiger partial charge is 0.326 e. The Hall–Kier alpha value is -1.79. The average Bonchev–Trinajstić information content (AvgIpc) is 2.68. The van der Waals surface area contributed by atoms with Crippen LogP contribution in [0.2, 0.25) is 5.02 Å². The van der Waals surface area contributed by atoms with Crippen LogP contribution < -0.4 is 0 Å². The Labute approximate surface area is 137 Å². The number of ether oxygens (including phenoxy) is 1. The van der Waals surface area contributed by atoms with Crippen LogP contribution in [0.4, 0.5) is 4.79 Å². The summed E-state index contributed by atoms with van der Waals surface area (Å²) in [6.45, 7) is 3.01. The highest BCUT2D eigenvalue weighted by atomic mass is 35.5. The van der Waals surface area contributed by atoms with E-state index in [1.807, 2.05) is 0 Å². The van der Waals surface area contributed by atoms with Gasteiger partial charge in [0.15, 0.2) is 0 Å². The first-order chi connectivity index (χ1) is 10.4. The molecule has 0 radical (unpaired) electrons. The minimum Gasteiger partial charge on any atom is -0.462 e. The number of halogens is 1. The maximum absolute atomic E-state index is 12.2. The summed E-state index contributed by atoms with van der Waals surface area (Å²) in [7, 11) is 0. The summed E-state index contributed by atoms with van der Waals surface area (Å²) in [4.78, 5) is 36.8. The van der Waals surface area contributed by atoms with Crippen molar-refractivity contribution < 1.29 is 19.1 Å². The predicted molar refractivity (Wildman–Crippen MR) is 85.4 cm³/mol. The topological polar surface area (TPSA) is 63.7 Å². The molecule has 0 aromatic heterocycles. The molecular formula is C15H14ClNO4S. The molecule has 0 spiro atoms. The summed E-state index contributed by atoms with van der Waals surface area (Å²) >= 11 is 6.81. The maximum atomic E-state index is 12.2. The van der Waals surface area contributed by atoms with Gasteiger partial charge in [0.1, 0.15) is 6.54 Å². The van der Waals surface area contributed by atoms with Gasteiger partial charge in [0.25, 0.3) is 11.1 Å². The zero-order valence-electron chi connectivity index (χ0n) is 12.0. The molecule has 1 aliphatic rings. The predicted octanol–water partition coefficient (Wildman–Crippen LogP) is 3.33. The second-order valence-electron chi connectivity index (χ2n) is 4.83. The van der Waals surface area contributed by atoms with Crippen LogP contribution in [0.25, 0.3) is 6.08 Å². The van der Waals surface area contributed by atoms with Crippen molar-refractivity contribution >= 4 is 46.6 Å². The molecule has 1 saturated heterocycles. The van der Waals surface area contributed by atoms with Gasteiger partial charge in [-0.2, -0.15) is 0 Å². The van der Waals surface area contributed by atoms with Gasteiger partial charge in [-0.15, -0.1) is 0 Å². The Morgan fingerprint density at radius 1 is 1.36 bits per heavy atom. The number of thioether (sulfide) groups is 1. The molecule has 0 unspecified atom stereocenters. The van der Waals surface area contributed by atoms with E-state index >= 15 is 0 Å². The molecule has 22 heavy (non-hydrogen) atoms. The van der Waals surface area contributed by atoms with Crippen molar-refractivity contribution in [3.63, 3.8) is 0 Å². The first-order valence-electron chi connectivity index (χ1n) is 6.58. The van der Waals surface area contributed by atoms with Crippen molar-refractivity contribution in [2.45, 2.75) is 20.0 Å². The summed E-state index contributed by atoms with van der Waals surface area (Å²) in [5, 5.41) is -0.0162. The Bertz CT molecular complexity index is 657. The maximum Gasteiger partial charge on any atom is 0.326 e. The minimum atomic E-state index is -0.615. The Morgan fingerprint density at radius 3 is 2.68 bits per heavy atom. The van der Waals surface area contributed by atoms with Gasteiger partial charge in [0, 0.05) is 5.02 Å². The summed E-state index contributed by atoms with van der Waals surface area (Å²) < 4.78 is 4.95. The fourth-order valence-corrected chi connectivity index (χ4v) is 2.82.